The Hall–Kier alpha value is -0.660. The van der Waals surface area contributed by atoms with Crippen LogP contribution >= 0.6 is 31.9 Å². The lowest BCUT2D eigenvalue weighted by molar-refractivity contribution is -0.445. The first kappa shape index (κ1) is 21.3. The van der Waals surface area contributed by atoms with Gasteiger partial charge in [0.1, 0.15) is 5.69 Å². The molecular weight excluding hydrogens is 414 g/mol. The Morgan fingerprint density at radius 1 is 1.05 bits per heavy atom. The summed E-state index contributed by atoms with van der Waals surface area (Å²) in [4.78, 5) is 10.4. The average Bonchev–Trinajstić information content (AvgIpc) is 2.30. The van der Waals surface area contributed by atoms with Gasteiger partial charge in [-0.05, 0) is 39.5 Å². The molecule has 1 aromatic rings. The van der Waals surface area contributed by atoms with Crippen molar-refractivity contribution >= 4 is 37.5 Å². The van der Waals surface area contributed by atoms with Gasteiger partial charge in [-0.25, -0.2) is 10.1 Å². The fraction of sp³-hybridized carbons (Fsp3) is 0.600. The van der Waals surface area contributed by atoms with E-state index in [1.54, 1.807) is 6.07 Å². The van der Waals surface area contributed by atoms with Crippen molar-refractivity contribution in [2.75, 3.05) is 5.43 Å². The van der Waals surface area contributed by atoms with E-state index < -0.39 is 5.03 Å². The fourth-order valence-electron chi connectivity index (χ4n) is 1.92. The summed E-state index contributed by atoms with van der Waals surface area (Å²) >= 11 is 6.65. The van der Waals surface area contributed by atoms with E-state index in [1.807, 2.05) is 19.9 Å². The molecule has 0 bridgehead atoms. The standard InChI is InChI=1S/C9H10Br2N2O2.C6H15N/c1-5(2)7-3-6(10)4-8(11)9(7)12-13(14)15;1-5(2)7-6(3)4/h3-5,12H,1-2H3;5-7H,1-4H3. The van der Waals surface area contributed by atoms with Crippen LogP contribution in [-0.4, -0.2) is 17.1 Å². The van der Waals surface area contributed by atoms with Gasteiger partial charge in [-0.15, -0.1) is 5.43 Å². The van der Waals surface area contributed by atoms with Crippen LogP contribution in [-0.2, 0) is 0 Å². The molecule has 22 heavy (non-hydrogen) atoms. The predicted octanol–water partition coefficient (Wildman–Crippen LogP) is 5.33. The minimum Gasteiger partial charge on any atom is -0.312 e. The quantitative estimate of drug-likeness (QED) is 0.481. The Kier molecular flexibility index (Phi) is 9.87. The van der Waals surface area contributed by atoms with Gasteiger partial charge < -0.3 is 5.32 Å². The van der Waals surface area contributed by atoms with Crippen molar-refractivity contribution in [1.82, 2.24) is 5.32 Å². The number of halogens is 2. The first-order chi connectivity index (χ1) is 10.0. The number of nitro groups is 1. The molecule has 0 spiro atoms. The Bertz CT molecular complexity index is 486. The zero-order chi connectivity index (χ0) is 17.4. The van der Waals surface area contributed by atoms with E-state index in [9.17, 15) is 10.1 Å². The van der Waals surface area contributed by atoms with Gasteiger partial charge in [0.15, 0.2) is 5.03 Å². The molecule has 7 heteroatoms. The molecule has 0 amide bonds. The Balaban J connectivity index is 0.000000534. The third-order valence-electron chi connectivity index (χ3n) is 2.58. The zero-order valence-electron chi connectivity index (χ0n) is 13.9. The highest BCUT2D eigenvalue weighted by Crippen LogP contribution is 2.34. The van der Waals surface area contributed by atoms with Gasteiger partial charge in [0.05, 0.1) is 0 Å². The van der Waals surface area contributed by atoms with E-state index in [1.165, 1.54) is 0 Å². The molecule has 0 aliphatic carbocycles. The summed E-state index contributed by atoms with van der Waals surface area (Å²) in [6.07, 6.45) is 0. The number of rotatable bonds is 5. The first-order valence-corrected chi connectivity index (χ1v) is 8.79. The van der Waals surface area contributed by atoms with E-state index >= 15 is 0 Å². The molecule has 0 aliphatic rings. The van der Waals surface area contributed by atoms with Crippen LogP contribution in [0.25, 0.3) is 0 Å². The van der Waals surface area contributed by atoms with Gasteiger partial charge in [-0.2, -0.15) is 0 Å². The van der Waals surface area contributed by atoms with E-state index in [2.05, 4.69) is 70.3 Å². The molecule has 0 saturated heterocycles. The van der Waals surface area contributed by atoms with Crippen LogP contribution in [0.15, 0.2) is 21.1 Å². The average molecular weight is 439 g/mol. The lowest BCUT2D eigenvalue weighted by Gasteiger charge is -2.12. The van der Waals surface area contributed by atoms with E-state index in [-0.39, 0.29) is 5.92 Å². The lowest BCUT2D eigenvalue weighted by atomic mass is 10.0. The molecule has 1 aromatic carbocycles. The van der Waals surface area contributed by atoms with Crippen molar-refractivity contribution in [3.8, 4) is 0 Å². The van der Waals surface area contributed by atoms with Gasteiger partial charge in [0.25, 0.3) is 0 Å². The van der Waals surface area contributed by atoms with Crippen molar-refractivity contribution in [3.63, 3.8) is 0 Å². The molecule has 0 saturated carbocycles. The highest BCUT2D eigenvalue weighted by atomic mass is 79.9. The minimum absolute atomic E-state index is 0.209. The third kappa shape index (κ3) is 8.70. The second-order valence-electron chi connectivity index (χ2n) is 5.85. The van der Waals surface area contributed by atoms with Crippen LogP contribution in [0.4, 0.5) is 5.69 Å². The van der Waals surface area contributed by atoms with Gasteiger partial charge in [0, 0.05) is 21.0 Å². The molecule has 0 unspecified atom stereocenters. The van der Waals surface area contributed by atoms with Crippen molar-refractivity contribution in [2.24, 2.45) is 0 Å². The summed E-state index contributed by atoms with van der Waals surface area (Å²) in [6, 6.07) is 4.90. The maximum atomic E-state index is 10.4. The molecule has 0 fully saturated rings. The SMILES string of the molecule is CC(C)NC(C)C.CC(C)c1cc(Br)cc(Br)c1N[N+](=O)[O-]. The molecule has 0 aliphatic heterocycles. The highest BCUT2D eigenvalue weighted by Gasteiger charge is 2.15. The van der Waals surface area contributed by atoms with Crippen LogP contribution in [0.5, 0.6) is 0 Å². The molecule has 1 rings (SSSR count). The molecule has 0 radical (unpaired) electrons. The van der Waals surface area contributed by atoms with E-state index in [0.717, 1.165) is 10.0 Å². The van der Waals surface area contributed by atoms with Gasteiger partial charge >= 0.3 is 0 Å². The molecule has 0 heterocycles. The van der Waals surface area contributed by atoms with E-state index in [4.69, 9.17) is 0 Å². The minimum atomic E-state index is -0.556. The van der Waals surface area contributed by atoms with Crippen LogP contribution in [0, 0.1) is 10.1 Å². The monoisotopic (exact) mass is 437 g/mol. The molecule has 2 N–H and O–H groups in total. The van der Waals surface area contributed by atoms with Gasteiger partial charge in [0.2, 0.25) is 0 Å². The molecular formula is C15H25Br2N3O2. The number of hydrazine groups is 1. The highest BCUT2D eigenvalue weighted by molar-refractivity contribution is 9.11. The smallest absolute Gasteiger partial charge is 0.162 e. The van der Waals surface area contributed by atoms with Gasteiger partial charge in [-0.3, -0.25) is 0 Å². The van der Waals surface area contributed by atoms with E-state index in [0.29, 0.717) is 22.2 Å². The Labute approximate surface area is 149 Å². The second kappa shape index (κ2) is 10.2. The number of nitrogens with zero attached hydrogens (tertiary/aromatic N) is 1. The van der Waals surface area contributed by atoms with Crippen molar-refractivity contribution in [1.29, 1.82) is 0 Å². The topological polar surface area (TPSA) is 67.2 Å². The summed E-state index contributed by atoms with van der Waals surface area (Å²) in [5.74, 6) is 0.209. The second-order valence-corrected chi connectivity index (χ2v) is 7.62. The molecule has 0 aromatic heterocycles. The predicted molar refractivity (Wildman–Crippen MR) is 100.0 cm³/mol. The van der Waals surface area contributed by atoms with Crippen LogP contribution < -0.4 is 10.7 Å². The molecule has 126 valence electrons. The van der Waals surface area contributed by atoms with Crippen molar-refractivity contribution in [3.05, 3.63) is 36.8 Å². The van der Waals surface area contributed by atoms with Crippen molar-refractivity contribution < 1.29 is 5.03 Å². The Morgan fingerprint density at radius 3 is 1.86 bits per heavy atom. The van der Waals surface area contributed by atoms with Crippen LogP contribution in [0.1, 0.15) is 53.0 Å². The maximum absolute atomic E-state index is 10.4. The maximum Gasteiger partial charge on any atom is 0.162 e. The van der Waals surface area contributed by atoms with Crippen molar-refractivity contribution in [2.45, 2.75) is 59.5 Å². The first-order valence-electron chi connectivity index (χ1n) is 7.20. The van der Waals surface area contributed by atoms with Crippen LogP contribution in [0.3, 0.4) is 0 Å². The summed E-state index contributed by atoms with van der Waals surface area (Å²) in [6.45, 7) is 12.6. The number of anilines is 1. The Morgan fingerprint density at radius 2 is 1.55 bits per heavy atom. The van der Waals surface area contributed by atoms with Gasteiger partial charge in [-0.1, -0.05) is 57.5 Å². The zero-order valence-corrected chi connectivity index (χ0v) is 17.1. The molecule has 5 nitrogen and oxygen atoms in total. The summed E-state index contributed by atoms with van der Waals surface area (Å²) in [7, 11) is 0. The third-order valence-corrected chi connectivity index (χ3v) is 3.66. The lowest BCUT2D eigenvalue weighted by Crippen LogP contribution is -2.29. The summed E-state index contributed by atoms with van der Waals surface area (Å²) < 4.78 is 1.57. The number of hydrogen-bond acceptors (Lipinski definition) is 3. The van der Waals surface area contributed by atoms with Crippen LogP contribution in [0.2, 0.25) is 0 Å². The summed E-state index contributed by atoms with van der Waals surface area (Å²) in [5.41, 5.74) is 3.61. The number of nitrogens with one attached hydrogen (secondary N) is 2. The summed E-state index contributed by atoms with van der Waals surface area (Å²) in [5, 5.41) is 13.2. The molecule has 0 atom stereocenters. The largest absolute Gasteiger partial charge is 0.312 e. The fourth-order valence-corrected chi connectivity index (χ4v) is 3.27. The number of hydrogen-bond donors (Lipinski definition) is 2. The normalized spacial score (nSPS) is 10.7. The number of benzene rings is 1.